The van der Waals surface area contributed by atoms with E-state index in [4.69, 9.17) is 25.8 Å². The van der Waals surface area contributed by atoms with Crippen LogP contribution < -0.4 is 10.1 Å². The molecule has 2 aliphatic heterocycles. The Labute approximate surface area is 196 Å². The molecular formula is C21H23ClFN5O4S. The molecule has 0 saturated carbocycles. The van der Waals surface area contributed by atoms with Gasteiger partial charge < -0.3 is 10.1 Å². The molecule has 2 unspecified atom stereocenters. The molecule has 4 rings (SSSR count). The number of nitrogens with one attached hydrogen (secondary N) is 1. The van der Waals surface area contributed by atoms with Crippen LogP contribution in [0.5, 0.6) is 5.88 Å². The van der Waals surface area contributed by atoms with E-state index in [2.05, 4.69) is 15.3 Å². The van der Waals surface area contributed by atoms with Crippen LogP contribution >= 0.6 is 11.6 Å². The minimum atomic E-state index is -3.84. The lowest BCUT2D eigenvalue weighted by atomic mass is 10.0. The van der Waals surface area contributed by atoms with Gasteiger partial charge in [-0.1, -0.05) is 11.6 Å². The maximum absolute atomic E-state index is 15.1. The van der Waals surface area contributed by atoms with Crippen LogP contribution in [0.25, 0.3) is 0 Å². The number of hydrogen-bond donors (Lipinski definition) is 1. The second-order valence-corrected chi connectivity index (χ2v) is 10.2. The summed E-state index contributed by atoms with van der Waals surface area (Å²) in [6, 6.07) is 6.00. The summed E-state index contributed by atoms with van der Waals surface area (Å²) in [4.78, 5) is 7.84. The highest BCUT2D eigenvalue weighted by molar-refractivity contribution is 7.84. The normalized spacial score (nSPS) is 22.8. The Balaban J connectivity index is 1.47. The van der Waals surface area contributed by atoms with Crippen molar-refractivity contribution in [2.75, 3.05) is 5.32 Å². The van der Waals surface area contributed by atoms with Gasteiger partial charge in [-0.2, -0.15) is 27.4 Å². The lowest BCUT2D eigenvalue weighted by Gasteiger charge is -2.37. The van der Waals surface area contributed by atoms with Crippen LogP contribution in [0.2, 0.25) is 5.02 Å². The van der Waals surface area contributed by atoms with Crippen LogP contribution in [0.4, 0.5) is 15.9 Å². The minimum absolute atomic E-state index is 0.125. The van der Waals surface area contributed by atoms with Crippen molar-refractivity contribution in [2.24, 2.45) is 0 Å². The second-order valence-electron chi connectivity index (χ2n) is 8.30. The van der Waals surface area contributed by atoms with Gasteiger partial charge in [-0.25, -0.2) is 4.98 Å². The highest BCUT2D eigenvalue weighted by Crippen LogP contribution is 2.40. The van der Waals surface area contributed by atoms with Gasteiger partial charge in [0.2, 0.25) is 5.82 Å². The Kier molecular flexibility index (Phi) is 6.72. The van der Waals surface area contributed by atoms with Gasteiger partial charge in [0, 0.05) is 24.9 Å². The molecule has 2 aromatic rings. The van der Waals surface area contributed by atoms with E-state index in [1.165, 1.54) is 16.7 Å². The molecule has 3 heterocycles. The van der Waals surface area contributed by atoms with Crippen molar-refractivity contribution in [1.82, 2.24) is 14.3 Å². The first-order valence-corrected chi connectivity index (χ1v) is 12.3. The van der Waals surface area contributed by atoms with E-state index in [0.29, 0.717) is 36.9 Å². The molecule has 33 heavy (non-hydrogen) atoms. The van der Waals surface area contributed by atoms with Gasteiger partial charge in [0.15, 0.2) is 5.82 Å². The van der Waals surface area contributed by atoms with Crippen LogP contribution in [-0.2, 0) is 14.5 Å². The zero-order valence-electron chi connectivity index (χ0n) is 18.0. The average molecular weight is 496 g/mol. The molecule has 0 radical (unpaired) electrons. The average Bonchev–Trinajstić information content (AvgIpc) is 3.03. The number of fused-ring (bicyclic) bond motifs is 2. The second kappa shape index (κ2) is 9.38. The molecule has 176 valence electrons. The Morgan fingerprint density at radius 1 is 1.27 bits per heavy atom. The SMILES string of the molecule is CC(C)OS(=O)(=O)N1C2CCC1CC(Oc1ncnc(Nc3ccc(C#N)cc3Cl)c1F)C2. The molecule has 2 atom stereocenters. The quantitative estimate of drug-likeness (QED) is 0.614. The van der Waals surface area contributed by atoms with Crippen molar-refractivity contribution in [3.05, 3.63) is 40.9 Å². The highest BCUT2D eigenvalue weighted by Gasteiger charge is 2.48. The van der Waals surface area contributed by atoms with Crippen molar-refractivity contribution in [3.8, 4) is 11.9 Å². The number of piperidine rings is 1. The molecule has 0 spiro atoms. The molecule has 2 fully saturated rings. The summed E-state index contributed by atoms with van der Waals surface area (Å²) in [7, 11) is -3.84. The fourth-order valence-electron chi connectivity index (χ4n) is 4.33. The number of rotatable bonds is 7. The number of hydrogen-bond acceptors (Lipinski definition) is 8. The largest absolute Gasteiger partial charge is 0.472 e. The van der Waals surface area contributed by atoms with E-state index in [1.807, 2.05) is 6.07 Å². The van der Waals surface area contributed by atoms with Crippen LogP contribution in [-0.4, -0.2) is 47.0 Å². The summed E-state index contributed by atoms with van der Waals surface area (Å²) in [5, 5.41) is 12.0. The number of aromatic nitrogens is 2. The fraction of sp³-hybridized carbons (Fsp3) is 0.476. The number of halogens is 2. The van der Waals surface area contributed by atoms with Gasteiger partial charge in [-0.3, -0.25) is 4.18 Å². The molecule has 2 bridgehead atoms. The highest BCUT2D eigenvalue weighted by atomic mass is 35.5. The summed E-state index contributed by atoms with van der Waals surface area (Å²) < 4.78 is 52.7. The zero-order valence-corrected chi connectivity index (χ0v) is 19.6. The van der Waals surface area contributed by atoms with E-state index >= 15 is 4.39 Å². The van der Waals surface area contributed by atoms with E-state index < -0.39 is 28.3 Å². The van der Waals surface area contributed by atoms with Gasteiger partial charge >= 0.3 is 10.3 Å². The van der Waals surface area contributed by atoms with Crippen molar-refractivity contribution in [3.63, 3.8) is 0 Å². The minimum Gasteiger partial charge on any atom is -0.472 e. The topological polar surface area (TPSA) is 117 Å². The van der Waals surface area contributed by atoms with Crippen molar-refractivity contribution < 1.29 is 21.7 Å². The third kappa shape index (κ3) is 5.04. The molecule has 2 aliphatic rings. The molecule has 9 nitrogen and oxygen atoms in total. The predicted octanol–water partition coefficient (Wildman–Crippen LogP) is 3.93. The van der Waals surface area contributed by atoms with E-state index in [9.17, 15) is 8.42 Å². The van der Waals surface area contributed by atoms with Crippen LogP contribution in [0.1, 0.15) is 45.1 Å². The first-order chi connectivity index (χ1) is 15.7. The van der Waals surface area contributed by atoms with Crippen molar-refractivity contribution in [2.45, 2.75) is 63.8 Å². The van der Waals surface area contributed by atoms with Gasteiger partial charge in [-0.05, 0) is 44.9 Å². The van der Waals surface area contributed by atoms with Gasteiger partial charge in [-0.15, -0.1) is 0 Å². The van der Waals surface area contributed by atoms with Crippen LogP contribution in [0.15, 0.2) is 24.5 Å². The standard InChI is InChI=1S/C21H23ClFN5O4S/c1-12(2)32-33(29,30)28-14-4-5-15(28)9-16(8-14)31-21-19(23)20(25-11-26-21)27-18-6-3-13(10-24)7-17(18)22/h3,6-7,11-12,14-16H,4-5,8-9H2,1-2H3,(H,25,26,27). The molecule has 2 saturated heterocycles. The van der Waals surface area contributed by atoms with E-state index in [1.54, 1.807) is 26.0 Å². The van der Waals surface area contributed by atoms with Gasteiger partial charge in [0.05, 0.1) is 28.4 Å². The van der Waals surface area contributed by atoms with E-state index in [-0.39, 0.29) is 28.8 Å². The molecule has 1 aromatic carbocycles. The predicted molar refractivity (Wildman–Crippen MR) is 119 cm³/mol. The number of nitriles is 1. The number of ether oxygens (including phenoxy) is 1. The lowest BCUT2D eigenvalue weighted by molar-refractivity contribution is 0.0772. The third-order valence-electron chi connectivity index (χ3n) is 5.58. The van der Waals surface area contributed by atoms with Crippen molar-refractivity contribution >= 4 is 33.4 Å². The maximum atomic E-state index is 15.1. The zero-order chi connectivity index (χ0) is 23.8. The van der Waals surface area contributed by atoms with Gasteiger partial charge in [0.25, 0.3) is 5.88 Å². The van der Waals surface area contributed by atoms with Crippen molar-refractivity contribution in [1.29, 1.82) is 5.26 Å². The van der Waals surface area contributed by atoms with E-state index in [0.717, 1.165) is 0 Å². The number of nitrogens with zero attached hydrogens (tertiary/aromatic N) is 4. The fourth-order valence-corrected chi connectivity index (χ4v) is 6.26. The molecule has 0 amide bonds. The molecular weight excluding hydrogens is 473 g/mol. The lowest BCUT2D eigenvalue weighted by Crippen LogP contribution is -2.50. The molecule has 1 N–H and O–H groups in total. The molecule has 1 aromatic heterocycles. The summed E-state index contributed by atoms with van der Waals surface area (Å²) >= 11 is 6.15. The first kappa shape index (κ1) is 23.6. The van der Waals surface area contributed by atoms with Crippen LogP contribution in [0, 0.1) is 17.1 Å². The Morgan fingerprint density at radius 2 is 1.97 bits per heavy atom. The van der Waals surface area contributed by atoms with Gasteiger partial charge in [0.1, 0.15) is 12.4 Å². The smallest absolute Gasteiger partial charge is 0.339 e. The third-order valence-corrected chi connectivity index (χ3v) is 7.64. The molecule has 12 heteroatoms. The maximum Gasteiger partial charge on any atom is 0.339 e. The Morgan fingerprint density at radius 3 is 2.58 bits per heavy atom. The summed E-state index contributed by atoms with van der Waals surface area (Å²) in [6.07, 6.45) is 2.53. The monoisotopic (exact) mass is 495 g/mol. The first-order valence-electron chi connectivity index (χ1n) is 10.5. The summed E-state index contributed by atoms with van der Waals surface area (Å²) in [5.74, 6) is -1.14. The summed E-state index contributed by atoms with van der Waals surface area (Å²) in [6.45, 7) is 3.34. The summed E-state index contributed by atoms with van der Waals surface area (Å²) in [5.41, 5.74) is 0.750. The number of benzene rings is 1. The van der Waals surface area contributed by atoms with Crippen LogP contribution in [0.3, 0.4) is 0 Å². The Bertz CT molecular complexity index is 1180. The molecule has 0 aliphatic carbocycles. The number of anilines is 2. The Hall–Kier alpha value is -2.52.